The molecule has 4 aromatic rings. The number of hydrogen-bond donors (Lipinski definition) is 1. The molecule has 1 saturated heterocycles. The summed E-state index contributed by atoms with van der Waals surface area (Å²) in [6, 6.07) is 17.8. The van der Waals surface area contributed by atoms with Crippen LogP contribution in [0.15, 0.2) is 72.9 Å². The molecular weight excluding hydrogens is 468 g/mol. The highest BCUT2D eigenvalue weighted by atomic mass is 32.2. The van der Waals surface area contributed by atoms with Gasteiger partial charge in [-0.25, -0.2) is 13.5 Å². The van der Waals surface area contributed by atoms with Crippen LogP contribution in [0.4, 0.5) is 8.78 Å². The number of halogens is 2. The first-order chi connectivity index (χ1) is 16.9. The van der Waals surface area contributed by atoms with Gasteiger partial charge in [-0.1, -0.05) is 12.1 Å². The van der Waals surface area contributed by atoms with Gasteiger partial charge in [-0.2, -0.15) is 5.10 Å². The molecule has 1 aromatic heterocycles. The maximum Gasteiger partial charge on any atom is 0.233 e. The number of hydrogen-bond acceptors (Lipinski definition) is 4. The van der Waals surface area contributed by atoms with Gasteiger partial charge >= 0.3 is 0 Å². The summed E-state index contributed by atoms with van der Waals surface area (Å²) in [7, 11) is 0. The number of rotatable bonds is 6. The lowest BCUT2D eigenvalue weighted by Crippen LogP contribution is -2.30. The molecule has 1 amide bonds. The molecule has 5 rings (SSSR count). The van der Waals surface area contributed by atoms with Gasteiger partial charge in [0, 0.05) is 23.9 Å². The van der Waals surface area contributed by atoms with Crippen molar-refractivity contribution in [1.82, 2.24) is 14.7 Å². The molecule has 0 radical (unpaired) electrons. The molecule has 8 heteroatoms. The fourth-order valence-corrected chi connectivity index (χ4v) is 5.39. The lowest BCUT2D eigenvalue weighted by molar-refractivity contribution is -0.128. The van der Waals surface area contributed by atoms with Crippen LogP contribution in [0, 0.1) is 18.6 Å². The molecule has 3 aromatic carbocycles. The number of amides is 1. The van der Waals surface area contributed by atoms with Crippen LogP contribution in [0.2, 0.25) is 0 Å². The van der Waals surface area contributed by atoms with Crippen molar-refractivity contribution in [2.75, 3.05) is 12.3 Å². The van der Waals surface area contributed by atoms with Crippen LogP contribution < -0.4 is 0 Å². The zero-order valence-corrected chi connectivity index (χ0v) is 19.8. The number of nitrogens with zero attached hydrogens (tertiary/aromatic N) is 3. The Bertz CT molecular complexity index is 1370. The van der Waals surface area contributed by atoms with Crippen LogP contribution in [0.25, 0.3) is 16.9 Å². The van der Waals surface area contributed by atoms with Crippen LogP contribution in [-0.4, -0.2) is 38.0 Å². The minimum atomic E-state index is -0.343. The number of aromatic hydroxyl groups is 1. The van der Waals surface area contributed by atoms with Gasteiger partial charge in [0.1, 0.15) is 22.8 Å². The first-order valence-corrected chi connectivity index (χ1v) is 12.2. The number of benzene rings is 3. The molecule has 35 heavy (non-hydrogen) atoms. The summed E-state index contributed by atoms with van der Waals surface area (Å²) in [5.41, 5.74) is 4.43. The fraction of sp³-hybridized carbons (Fsp3) is 0.185. The molecule has 1 fully saturated rings. The summed E-state index contributed by atoms with van der Waals surface area (Å²) in [6.45, 7) is 2.20. The molecule has 0 saturated carbocycles. The van der Waals surface area contributed by atoms with E-state index in [-0.39, 0.29) is 28.7 Å². The van der Waals surface area contributed by atoms with Gasteiger partial charge in [-0.05, 0) is 79.1 Å². The van der Waals surface area contributed by atoms with Crippen molar-refractivity contribution >= 4 is 17.7 Å². The number of carbonyl (C=O) groups excluding carboxylic acids is 1. The molecular formula is C27H23F2N3O2S. The molecule has 1 aliphatic rings. The number of phenolic OH excluding ortho intramolecular Hbond substituents is 1. The Hall–Kier alpha value is -3.65. The van der Waals surface area contributed by atoms with E-state index >= 15 is 0 Å². The van der Waals surface area contributed by atoms with Gasteiger partial charge in [-0.15, -0.1) is 11.8 Å². The molecule has 0 spiro atoms. The highest BCUT2D eigenvalue weighted by molar-refractivity contribution is 8.00. The summed E-state index contributed by atoms with van der Waals surface area (Å²) < 4.78 is 29.2. The van der Waals surface area contributed by atoms with E-state index in [0.29, 0.717) is 35.7 Å². The maximum atomic E-state index is 13.9. The Morgan fingerprint density at radius 3 is 2.51 bits per heavy atom. The molecule has 0 aliphatic carbocycles. The third-order valence-electron chi connectivity index (χ3n) is 6.08. The molecule has 5 nitrogen and oxygen atoms in total. The predicted molar refractivity (Wildman–Crippen MR) is 132 cm³/mol. The SMILES string of the molecule is Cc1cc(-n2cc(C3SCC(=O)N3CCc3ccc(O)cc3)c(-c3ccc(F)cc3)n2)ccc1F. The summed E-state index contributed by atoms with van der Waals surface area (Å²) >= 11 is 1.52. The normalized spacial score (nSPS) is 15.7. The Kier molecular flexibility index (Phi) is 6.30. The predicted octanol–water partition coefficient (Wildman–Crippen LogP) is 5.65. The first-order valence-electron chi connectivity index (χ1n) is 11.2. The molecule has 2 heterocycles. The third-order valence-corrected chi connectivity index (χ3v) is 7.32. The van der Waals surface area contributed by atoms with E-state index in [1.807, 2.05) is 23.2 Å². The Balaban J connectivity index is 1.52. The van der Waals surface area contributed by atoms with Crippen molar-refractivity contribution in [1.29, 1.82) is 0 Å². The lowest BCUT2D eigenvalue weighted by Gasteiger charge is -2.24. The standard InChI is InChI=1S/C27H23F2N3O2S/c1-17-14-21(8-11-24(17)29)32-15-23(26(30-32)19-4-6-20(28)7-5-19)27-31(25(34)16-35-27)13-12-18-2-9-22(33)10-3-18/h2-11,14-15,27,33H,12-13,16H2,1H3. The summed E-state index contributed by atoms with van der Waals surface area (Å²) in [5.74, 6) is -0.0488. The van der Waals surface area contributed by atoms with Gasteiger partial charge in [0.2, 0.25) is 5.91 Å². The number of aryl methyl sites for hydroxylation is 1. The van der Waals surface area contributed by atoms with Crippen LogP contribution in [0.3, 0.4) is 0 Å². The molecule has 1 atom stereocenters. The lowest BCUT2D eigenvalue weighted by atomic mass is 10.1. The molecule has 0 bridgehead atoms. The summed E-state index contributed by atoms with van der Waals surface area (Å²) in [4.78, 5) is 14.7. The molecule has 1 N–H and O–H groups in total. The quantitative estimate of drug-likeness (QED) is 0.379. The van der Waals surface area contributed by atoms with Crippen LogP contribution in [0.5, 0.6) is 5.75 Å². The van der Waals surface area contributed by atoms with E-state index in [9.17, 15) is 18.7 Å². The molecule has 178 valence electrons. The minimum Gasteiger partial charge on any atom is -0.508 e. The van der Waals surface area contributed by atoms with Crippen molar-refractivity contribution < 1.29 is 18.7 Å². The van der Waals surface area contributed by atoms with Gasteiger partial charge in [-0.3, -0.25) is 4.79 Å². The molecule has 1 unspecified atom stereocenters. The van der Waals surface area contributed by atoms with Crippen molar-refractivity contribution in [2.45, 2.75) is 18.7 Å². The van der Waals surface area contributed by atoms with E-state index in [2.05, 4.69) is 0 Å². The fourth-order valence-electron chi connectivity index (χ4n) is 4.17. The van der Waals surface area contributed by atoms with Crippen molar-refractivity contribution in [3.8, 4) is 22.7 Å². The minimum absolute atomic E-state index is 0.0363. The Morgan fingerprint density at radius 1 is 1.06 bits per heavy atom. The Morgan fingerprint density at radius 2 is 1.80 bits per heavy atom. The smallest absolute Gasteiger partial charge is 0.233 e. The van der Waals surface area contributed by atoms with Crippen molar-refractivity contribution in [2.24, 2.45) is 0 Å². The Labute approximate surface area is 206 Å². The largest absolute Gasteiger partial charge is 0.508 e. The summed E-state index contributed by atoms with van der Waals surface area (Å²) in [6.07, 6.45) is 2.51. The van der Waals surface area contributed by atoms with E-state index in [1.165, 1.54) is 30.0 Å². The molecule has 1 aliphatic heterocycles. The third kappa shape index (κ3) is 4.79. The highest BCUT2D eigenvalue weighted by Gasteiger charge is 2.35. The number of aromatic nitrogens is 2. The maximum absolute atomic E-state index is 13.9. The number of carbonyl (C=O) groups is 1. The van der Waals surface area contributed by atoms with Gasteiger partial charge < -0.3 is 10.0 Å². The van der Waals surface area contributed by atoms with Gasteiger partial charge in [0.25, 0.3) is 0 Å². The number of thioether (sulfide) groups is 1. The van der Waals surface area contributed by atoms with E-state index in [4.69, 9.17) is 5.10 Å². The average Bonchev–Trinajstić information content (AvgIpc) is 3.44. The monoisotopic (exact) mass is 491 g/mol. The highest BCUT2D eigenvalue weighted by Crippen LogP contribution is 2.43. The zero-order chi connectivity index (χ0) is 24.5. The van der Waals surface area contributed by atoms with E-state index in [1.54, 1.807) is 48.0 Å². The van der Waals surface area contributed by atoms with Gasteiger partial charge in [0.15, 0.2) is 0 Å². The van der Waals surface area contributed by atoms with Crippen molar-refractivity contribution in [3.05, 3.63) is 101 Å². The topological polar surface area (TPSA) is 58.4 Å². The second-order valence-electron chi connectivity index (χ2n) is 8.48. The van der Waals surface area contributed by atoms with Crippen LogP contribution in [-0.2, 0) is 11.2 Å². The summed E-state index contributed by atoms with van der Waals surface area (Å²) in [5, 5.41) is 14.0. The zero-order valence-electron chi connectivity index (χ0n) is 19.0. The van der Waals surface area contributed by atoms with E-state index in [0.717, 1.165) is 16.7 Å². The second-order valence-corrected chi connectivity index (χ2v) is 9.55. The average molecular weight is 492 g/mol. The van der Waals surface area contributed by atoms with Crippen LogP contribution in [0.1, 0.15) is 22.1 Å². The van der Waals surface area contributed by atoms with Crippen LogP contribution >= 0.6 is 11.8 Å². The van der Waals surface area contributed by atoms with E-state index < -0.39 is 0 Å². The van der Waals surface area contributed by atoms with Gasteiger partial charge in [0.05, 0.1) is 17.1 Å². The van der Waals surface area contributed by atoms with Crippen molar-refractivity contribution in [3.63, 3.8) is 0 Å². The second kappa shape index (κ2) is 9.54. The number of phenols is 1. The first kappa shape index (κ1) is 23.1.